The van der Waals surface area contributed by atoms with Crippen LogP contribution in [0.5, 0.6) is 0 Å². The minimum atomic E-state index is -1.10. The van der Waals surface area contributed by atoms with Gasteiger partial charge in [-0.1, -0.05) is 0 Å². The molecule has 2 N–H and O–H groups in total. The van der Waals surface area contributed by atoms with Gasteiger partial charge in [0.15, 0.2) is 5.76 Å². The number of thioether (sulfide) groups is 1. The molecule has 1 aromatic heterocycles. The van der Waals surface area contributed by atoms with Crippen molar-refractivity contribution in [1.29, 1.82) is 0 Å². The number of furan rings is 1. The Bertz CT molecular complexity index is 437. The molecule has 0 radical (unpaired) electrons. The van der Waals surface area contributed by atoms with E-state index < -0.39 is 5.97 Å². The van der Waals surface area contributed by atoms with Crippen molar-refractivity contribution in [3.63, 3.8) is 0 Å². The van der Waals surface area contributed by atoms with Crippen LogP contribution in [0.1, 0.15) is 33.8 Å². The number of rotatable bonds is 4. The van der Waals surface area contributed by atoms with Gasteiger partial charge in [-0.25, -0.2) is 4.79 Å². The van der Waals surface area contributed by atoms with Gasteiger partial charge < -0.3 is 14.8 Å². The van der Waals surface area contributed by atoms with Crippen LogP contribution in [0.3, 0.4) is 0 Å². The van der Waals surface area contributed by atoms with Crippen LogP contribution in [0.4, 0.5) is 0 Å². The number of hydrogen-bond donors (Lipinski definition) is 2. The Labute approximate surface area is 109 Å². The van der Waals surface area contributed by atoms with Crippen molar-refractivity contribution < 1.29 is 19.1 Å². The topological polar surface area (TPSA) is 79.5 Å². The van der Waals surface area contributed by atoms with Crippen molar-refractivity contribution in [2.45, 2.75) is 12.8 Å². The van der Waals surface area contributed by atoms with E-state index in [4.69, 9.17) is 9.52 Å². The quantitative estimate of drug-likeness (QED) is 0.872. The van der Waals surface area contributed by atoms with E-state index in [-0.39, 0.29) is 17.2 Å². The van der Waals surface area contributed by atoms with E-state index in [0.717, 1.165) is 30.6 Å². The number of hydrogen-bond acceptors (Lipinski definition) is 4. The van der Waals surface area contributed by atoms with Gasteiger partial charge in [0.1, 0.15) is 6.26 Å². The van der Waals surface area contributed by atoms with Crippen LogP contribution in [-0.2, 0) is 0 Å². The molecule has 2 rings (SSSR count). The highest BCUT2D eigenvalue weighted by Gasteiger charge is 2.17. The average Bonchev–Trinajstić information content (AvgIpc) is 2.87. The van der Waals surface area contributed by atoms with E-state index in [1.54, 1.807) is 0 Å². The summed E-state index contributed by atoms with van der Waals surface area (Å²) in [6, 6.07) is 1.24. The van der Waals surface area contributed by atoms with Gasteiger partial charge in [0, 0.05) is 12.6 Å². The minimum absolute atomic E-state index is 0.00536. The molecule has 1 aliphatic heterocycles. The number of nitrogens with one attached hydrogen (secondary N) is 1. The Kier molecular flexibility index (Phi) is 4.30. The first kappa shape index (κ1) is 13.0. The number of carbonyl (C=O) groups is 2. The summed E-state index contributed by atoms with van der Waals surface area (Å²) in [6.45, 7) is 0.627. The van der Waals surface area contributed by atoms with E-state index in [9.17, 15) is 9.59 Å². The number of carbonyl (C=O) groups excluding carboxylic acids is 1. The molecule has 0 aliphatic carbocycles. The lowest BCUT2D eigenvalue weighted by Gasteiger charge is -2.21. The molecule has 1 aliphatic rings. The molecule has 0 bridgehead atoms. The van der Waals surface area contributed by atoms with Gasteiger partial charge in [-0.15, -0.1) is 0 Å². The fourth-order valence-electron chi connectivity index (χ4n) is 1.84. The number of amides is 1. The Morgan fingerprint density at radius 1 is 1.44 bits per heavy atom. The highest BCUT2D eigenvalue weighted by molar-refractivity contribution is 7.99. The second-order valence-corrected chi connectivity index (χ2v) is 5.50. The molecule has 2 heterocycles. The third-order valence-electron chi connectivity index (χ3n) is 2.96. The third kappa shape index (κ3) is 3.29. The van der Waals surface area contributed by atoms with E-state index in [1.807, 2.05) is 11.8 Å². The lowest BCUT2D eigenvalue weighted by Crippen LogP contribution is -2.30. The van der Waals surface area contributed by atoms with Gasteiger partial charge >= 0.3 is 5.97 Å². The molecule has 0 atom stereocenters. The van der Waals surface area contributed by atoms with Crippen LogP contribution in [0, 0.1) is 5.92 Å². The highest BCUT2D eigenvalue weighted by Crippen LogP contribution is 2.22. The maximum atomic E-state index is 11.7. The summed E-state index contributed by atoms with van der Waals surface area (Å²) < 4.78 is 4.93. The maximum Gasteiger partial charge on any atom is 0.338 e. The summed E-state index contributed by atoms with van der Waals surface area (Å²) >= 11 is 1.94. The van der Waals surface area contributed by atoms with E-state index in [0.29, 0.717) is 12.5 Å². The molecule has 1 saturated heterocycles. The van der Waals surface area contributed by atoms with Crippen LogP contribution < -0.4 is 5.32 Å². The second-order valence-electron chi connectivity index (χ2n) is 4.27. The smallest absolute Gasteiger partial charge is 0.338 e. The SMILES string of the molecule is O=C(O)c1coc(C(=O)NCC2CCSCC2)c1. The van der Waals surface area contributed by atoms with E-state index in [1.165, 1.54) is 6.07 Å². The zero-order valence-electron chi connectivity index (χ0n) is 9.85. The molecule has 0 aromatic carbocycles. The van der Waals surface area contributed by atoms with Gasteiger partial charge in [-0.3, -0.25) is 4.79 Å². The molecule has 5 nitrogen and oxygen atoms in total. The van der Waals surface area contributed by atoms with Gasteiger partial charge in [-0.05, 0) is 30.3 Å². The van der Waals surface area contributed by atoms with Crippen LogP contribution in [0.15, 0.2) is 16.7 Å². The van der Waals surface area contributed by atoms with Gasteiger partial charge in [0.05, 0.1) is 5.56 Å². The molecular formula is C12H15NO4S. The third-order valence-corrected chi connectivity index (χ3v) is 4.01. The Balaban J connectivity index is 1.84. The van der Waals surface area contributed by atoms with Crippen molar-refractivity contribution in [2.75, 3.05) is 18.1 Å². The van der Waals surface area contributed by atoms with Gasteiger partial charge in [0.2, 0.25) is 0 Å². The van der Waals surface area contributed by atoms with Crippen molar-refractivity contribution in [3.8, 4) is 0 Å². The second kappa shape index (κ2) is 5.95. The van der Waals surface area contributed by atoms with E-state index >= 15 is 0 Å². The van der Waals surface area contributed by atoms with E-state index in [2.05, 4.69) is 5.32 Å². The first-order chi connectivity index (χ1) is 8.66. The van der Waals surface area contributed by atoms with Gasteiger partial charge in [-0.2, -0.15) is 11.8 Å². The lowest BCUT2D eigenvalue weighted by molar-refractivity contribution is 0.0696. The zero-order valence-corrected chi connectivity index (χ0v) is 10.7. The fourth-order valence-corrected chi connectivity index (χ4v) is 3.05. The molecule has 98 valence electrons. The summed E-state index contributed by atoms with van der Waals surface area (Å²) in [5.74, 6) is 1.42. The Hall–Kier alpha value is -1.43. The Morgan fingerprint density at radius 3 is 2.78 bits per heavy atom. The number of carboxylic acid groups (broad SMARTS) is 1. The first-order valence-corrected chi connectivity index (χ1v) is 7.00. The number of carboxylic acids is 1. The van der Waals surface area contributed by atoms with Crippen molar-refractivity contribution >= 4 is 23.6 Å². The lowest BCUT2D eigenvalue weighted by atomic mass is 10.0. The zero-order chi connectivity index (χ0) is 13.0. The molecule has 0 unspecified atom stereocenters. The average molecular weight is 269 g/mol. The fraction of sp³-hybridized carbons (Fsp3) is 0.500. The molecular weight excluding hydrogens is 254 g/mol. The summed E-state index contributed by atoms with van der Waals surface area (Å²) in [6.07, 6.45) is 3.31. The summed E-state index contributed by atoms with van der Waals surface area (Å²) in [5, 5.41) is 11.5. The minimum Gasteiger partial charge on any atom is -0.478 e. The predicted molar refractivity (Wildman–Crippen MR) is 68.0 cm³/mol. The van der Waals surface area contributed by atoms with Crippen LogP contribution >= 0.6 is 11.8 Å². The van der Waals surface area contributed by atoms with Gasteiger partial charge in [0.25, 0.3) is 5.91 Å². The van der Waals surface area contributed by atoms with Crippen LogP contribution in [-0.4, -0.2) is 35.0 Å². The summed E-state index contributed by atoms with van der Waals surface area (Å²) in [7, 11) is 0. The molecule has 0 saturated carbocycles. The monoisotopic (exact) mass is 269 g/mol. The molecule has 1 aromatic rings. The standard InChI is InChI=1S/C12H15NO4S/c14-11(10-5-9(7-17-10)12(15)16)13-6-8-1-3-18-4-2-8/h5,7-8H,1-4,6H2,(H,13,14)(H,15,16). The molecule has 6 heteroatoms. The predicted octanol–water partition coefficient (Wildman–Crippen LogP) is 1.85. The summed E-state index contributed by atoms with van der Waals surface area (Å²) in [4.78, 5) is 22.4. The van der Waals surface area contributed by atoms with Crippen LogP contribution in [0.2, 0.25) is 0 Å². The number of aromatic carboxylic acids is 1. The maximum absolute atomic E-state index is 11.7. The van der Waals surface area contributed by atoms with Crippen molar-refractivity contribution in [3.05, 3.63) is 23.7 Å². The highest BCUT2D eigenvalue weighted by atomic mass is 32.2. The summed E-state index contributed by atoms with van der Waals surface area (Å²) in [5.41, 5.74) is -0.00536. The molecule has 18 heavy (non-hydrogen) atoms. The molecule has 1 amide bonds. The largest absolute Gasteiger partial charge is 0.478 e. The van der Waals surface area contributed by atoms with Crippen molar-refractivity contribution in [2.24, 2.45) is 5.92 Å². The van der Waals surface area contributed by atoms with Crippen molar-refractivity contribution in [1.82, 2.24) is 5.32 Å². The normalized spacial score (nSPS) is 16.4. The van der Waals surface area contributed by atoms with Crippen LogP contribution in [0.25, 0.3) is 0 Å². The first-order valence-electron chi connectivity index (χ1n) is 5.84. The molecule has 1 fully saturated rings. The molecule has 0 spiro atoms. The Morgan fingerprint density at radius 2 is 2.17 bits per heavy atom.